The Labute approximate surface area is 104 Å². The van der Waals surface area contributed by atoms with E-state index in [2.05, 4.69) is 25.2 Å². The molecule has 2 aliphatic rings. The van der Waals surface area contributed by atoms with E-state index in [-0.39, 0.29) is 5.92 Å². The van der Waals surface area contributed by atoms with Crippen LogP contribution in [0.5, 0.6) is 0 Å². The van der Waals surface area contributed by atoms with Gasteiger partial charge in [0.15, 0.2) is 0 Å². The zero-order chi connectivity index (χ0) is 12.5. The first-order chi connectivity index (χ1) is 8.08. The maximum atomic E-state index is 11.1. The van der Waals surface area contributed by atoms with Crippen LogP contribution in [0.25, 0.3) is 0 Å². The summed E-state index contributed by atoms with van der Waals surface area (Å²) >= 11 is 0. The van der Waals surface area contributed by atoms with Crippen molar-refractivity contribution in [2.45, 2.75) is 51.6 Å². The van der Waals surface area contributed by atoms with Gasteiger partial charge in [-0.15, -0.1) is 0 Å². The van der Waals surface area contributed by atoms with Gasteiger partial charge in [-0.1, -0.05) is 13.8 Å². The smallest absolute Gasteiger partial charge is 0.0885 e. The molecule has 1 heterocycles. The maximum absolute atomic E-state index is 11.1. The van der Waals surface area contributed by atoms with Crippen LogP contribution >= 0.6 is 0 Å². The number of nitriles is 1. The van der Waals surface area contributed by atoms with Gasteiger partial charge < -0.3 is 10.4 Å². The minimum absolute atomic E-state index is 0.223. The Bertz CT molecular complexity index is 325. The highest BCUT2D eigenvalue weighted by molar-refractivity contribution is 5.17. The summed E-state index contributed by atoms with van der Waals surface area (Å²) in [6.07, 6.45) is 4.50. The summed E-state index contributed by atoms with van der Waals surface area (Å²) in [6.45, 7) is 6.01. The molecule has 0 spiro atoms. The van der Waals surface area contributed by atoms with E-state index in [0.717, 1.165) is 45.2 Å². The van der Waals surface area contributed by atoms with Crippen molar-refractivity contribution in [2.24, 2.45) is 17.3 Å². The molecule has 1 saturated heterocycles. The van der Waals surface area contributed by atoms with Crippen LogP contribution in [-0.4, -0.2) is 23.8 Å². The Morgan fingerprint density at radius 2 is 2.24 bits per heavy atom. The van der Waals surface area contributed by atoms with Crippen LogP contribution < -0.4 is 5.32 Å². The lowest BCUT2D eigenvalue weighted by molar-refractivity contribution is -0.118. The SMILES string of the molecule is CCC1CNCCC1(O)C1(C#N)CCC(C)C1. The van der Waals surface area contributed by atoms with Gasteiger partial charge in [0.25, 0.3) is 0 Å². The molecule has 1 aliphatic carbocycles. The van der Waals surface area contributed by atoms with Crippen molar-refractivity contribution in [3.05, 3.63) is 0 Å². The van der Waals surface area contributed by atoms with Crippen LogP contribution in [0.4, 0.5) is 0 Å². The molecule has 0 bridgehead atoms. The van der Waals surface area contributed by atoms with Gasteiger partial charge in [-0.25, -0.2) is 0 Å². The van der Waals surface area contributed by atoms with Crippen molar-refractivity contribution < 1.29 is 5.11 Å². The highest BCUT2D eigenvalue weighted by Crippen LogP contribution is 2.53. The number of rotatable bonds is 2. The van der Waals surface area contributed by atoms with Crippen molar-refractivity contribution in [1.29, 1.82) is 5.26 Å². The van der Waals surface area contributed by atoms with Crippen LogP contribution in [0.15, 0.2) is 0 Å². The van der Waals surface area contributed by atoms with Gasteiger partial charge in [-0.3, -0.25) is 0 Å². The second kappa shape index (κ2) is 4.59. The molecule has 2 N–H and O–H groups in total. The summed E-state index contributed by atoms with van der Waals surface area (Å²) in [4.78, 5) is 0. The van der Waals surface area contributed by atoms with Crippen molar-refractivity contribution >= 4 is 0 Å². The maximum Gasteiger partial charge on any atom is 0.0885 e. The van der Waals surface area contributed by atoms with Crippen molar-refractivity contribution in [3.63, 3.8) is 0 Å². The fraction of sp³-hybridized carbons (Fsp3) is 0.929. The first-order valence-electron chi connectivity index (χ1n) is 6.92. The van der Waals surface area contributed by atoms with Crippen molar-refractivity contribution in [3.8, 4) is 6.07 Å². The number of nitrogens with one attached hydrogen (secondary N) is 1. The van der Waals surface area contributed by atoms with E-state index in [1.165, 1.54) is 0 Å². The first-order valence-corrected chi connectivity index (χ1v) is 6.92. The van der Waals surface area contributed by atoms with Crippen LogP contribution in [-0.2, 0) is 0 Å². The molecule has 1 saturated carbocycles. The van der Waals surface area contributed by atoms with Crippen LogP contribution in [0, 0.1) is 28.6 Å². The summed E-state index contributed by atoms with van der Waals surface area (Å²) < 4.78 is 0. The van der Waals surface area contributed by atoms with Gasteiger partial charge in [-0.05, 0) is 44.6 Å². The van der Waals surface area contributed by atoms with Gasteiger partial charge in [0.1, 0.15) is 0 Å². The molecule has 2 rings (SSSR count). The molecule has 0 aromatic rings. The third-order valence-corrected chi connectivity index (χ3v) is 5.05. The second-order valence-electron chi connectivity index (χ2n) is 6.03. The van der Waals surface area contributed by atoms with Gasteiger partial charge >= 0.3 is 0 Å². The highest BCUT2D eigenvalue weighted by atomic mass is 16.3. The summed E-state index contributed by atoms with van der Waals surface area (Å²) in [5, 5.41) is 24.1. The Hall–Kier alpha value is -0.590. The molecular formula is C14H24N2O. The molecule has 0 radical (unpaired) electrons. The van der Waals surface area contributed by atoms with E-state index in [1.807, 2.05) is 0 Å². The lowest BCUT2D eigenvalue weighted by atomic mass is 9.61. The molecule has 4 unspecified atom stereocenters. The Kier molecular flexibility index (Phi) is 3.47. The molecule has 2 fully saturated rings. The lowest BCUT2D eigenvalue weighted by Crippen LogP contribution is -2.59. The Morgan fingerprint density at radius 3 is 2.76 bits per heavy atom. The van der Waals surface area contributed by atoms with E-state index in [4.69, 9.17) is 0 Å². The fourth-order valence-electron chi connectivity index (χ4n) is 3.92. The molecule has 3 heteroatoms. The van der Waals surface area contributed by atoms with Gasteiger partial charge in [0, 0.05) is 12.5 Å². The Balaban J connectivity index is 2.31. The van der Waals surface area contributed by atoms with Gasteiger partial charge in [0.2, 0.25) is 0 Å². The molecule has 1 aliphatic heterocycles. The minimum Gasteiger partial charge on any atom is -0.388 e. The topological polar surface area (TPSA) is 56.0 Å². The molecule has 0 aromatic carbocycles. The summed E-state index contributed by atoms with van der Waals surface area (Å²) in [7, 11) is 0. The molecule has 4 atom stereocenters. The molecule has 3 nitrogen and oxygen atoms in total. The number of hydrogen-bond donors (Lipinski definition) is 2. The quantitative estimate of drug-likeness (QED) is 0.771. The second-order valence-corrected chi connectivity index (χ2v) is 6.03. The van der Waals surface area contributed by atoms with E-state index < -0.39 is 11.0 Å². The Morgan fingerprint density at radius 1 is 1.47 bits per heavy atom. The third-order valence-electron chi connectivity index (χ3n) is 5.05. The largest absolute Gasteiger partial charge is 0.388 e. The van der Waals surface area contributed by atoms with E-state index in [1.54, 1.807) is 0 Å². The fourth-order valence-corrected chi connectivity index (χ4v) is 3.92. The van der Waals surface area contributed by atoms with E-state index >= 15 is 0 Å². The molecule has 17 heavy (non-hydrogen) atoms. The number of nitrogens with zero attached hydrogens (tertiary/aromatic N) is 1. The van der Waals surface area contributed by atoms with Crippen LogP contribution in [0.1, 0.15) is 46.0 Å². The summed E-state index contributed by atoms with van der Waals surface area (Å²) in [6, 6.07) is 2.50. The predicted molar refractivity (Wildman–Crippen MR) is 67.3 cm³/mol. The molecular weight excluding hydrogens is 212 g/mol. The highest BCUT2D eigenvalue weighted by Gasteiger charge is 2.57. The normalized spacial score (nSPS) is 46.7. The van der Waals surface area contributed by atoms with Crippen LogP contribution in [0.2, 0.25) is 0 Å². The molecule has 96 valence electrons. The third kappa shape index (κ3) is 1.88. The monoisotopic (exact) mass is 236 g/mol. The first kappa shape index (κ1) is 12.9. The minimum atomic E-state index is -0.771. The van der Waals surface area contributed by atoms with Crippen LogP contribution in [0.3, 0.4) is 0 Å². The number of aliphatic hydroxyl groups is 1. The summed E-state index contributed by atoms with van der Waals surface area (Å²) in [5.74, 6) is 0.798. The standard InChI is InChI=1S/C14H24N2O/c1-3-12-9-16-7-6-14(12,17)13(10-15)5-4-11(2)8-13/h11-12,16-17H,3-9H2,1-2H3. The number of piperidine rings is 1. The molecule has 0 amide bonds. The van der Waals surface area contributed by atoms with Gasteiger partial charge in [-0.2, -0.15) is 5.26 Å². The van der Waals surface area contributed by atoms with Crippen molar-refractivity contribution in [2.75, 3.05) is 13.1 Å². The predicted octanol–water partition coefficient (Wildman–Crippen LogP) is 2.07. The average Bonchev–Trinajstić information content (AvgIpc) is 2.73. The number of hydrogen-bond acceptors (Lipinski definition) is 3. The van der Waals surface area contributed by atoms with Crippen molar-refractivity contribution in [1.82, 2.24) is 5.32 Å². The van der Waals surface area contributed by atoms with E-state index in [0.29, 0.717) is 5.92 Å². The lowest BCUT2D eigenvalue weighted by Gasteiger charge is -2.48. The molecule has 0 aromatic heterocycles. The summed E-state index contributed by atoms with van der Waals surface area (Å²) in [5.41, 5.74) is -1.26. The zero-order valence-electron chi connectivity index (χ0n) is 11.0. The zero-order valence-corrected chi connectivity index (χ0v) is 11.0. The van der Waals surface area contributed by atoms with E-state index in [9.17, 15) is 10.4 Å². The van der Waals surface area contributed by atoms with Gasteiger partial charge in [0.05, 0.1) is 17.1 Å². The average molecular weight is 236 g/mol.